The van der Waals surface area contributed by atoms with Gasteiger partial charge in [-0.05, 0) is 20.8 Å². The maximum Gasteiger partial charge on any atom is 0.408 e. The average Bonchev–Trinajstić information content (AvgIpc) is 2.16. The van der Waals surface area contributed by atoms with Crippen LogP contribution in [0.4, 0.5) is 4.79 Å². The van der Waals surface area contributed by atoms with Crippen LogP contribution in [-0.4, -0.2) is 41.5 Å². The summed E-state index contributed by atoms with van der Waals surface area (Å²) in [5, 5.41) is 12.1. The van der Waals surface area contributed by atoms with Crippen LogP contribution in [0.3, 0.4) is 0 Å². The van der Waals surface area contributed by atoms with Crippen molar-refractivity contribution in [3.8, 4) is 0 Å². The van der Waals surface area contributed by atoms with Crippen molar-refractivity contribution < 1.29 is 24.2 Å². The first-order valence-corrected chi connectivity index (χ1v) is 5.55. The van der Waals surface area contributed by atoms with Crippen LogP contribution in [0.1, 0.15) is 27.7 Å². The summed E-state index contributed by atoms with van der Waals surface area (Å²) in [7, 11) is 0. The third-order valence-electron chi connectivity index (χ3n) is 2.34. The van der Waals surface area contributed by atoms with E-state index < -0.39 is 29.8 Å². The number of carbonyl (C=O) groups excluding carboxylic acids is 2. The molecule has 0 saturated carbocycles. The summed E-state index contributed by atoms with van der Waals surface area (Å²) in [5.74, 6) is -0.853. The number of rotatable bonds is 1. The summed E-state index contributed by atoms with van der Waals surface area (Å²) in [6, 6.07) is -1.06. The van der Waals surface area contributed by atoms with E-state index in [2.05, 4.69) is 5.32 Å². The zero-order valence-electron chi connectivity index (χ0n) is 10.5. The van der Waals surface area contributed by atoms with Crippen LogP contribution >= 0.6 is 0 Å². The lowest BCUT2D eigenvalue weighted by Crippen LogP contribution is -2.56. The van der Waals surface area contributed by atoms with Crippen LogP contribution in [0.2, 0.25) is 0 Å². The van der Waals surface area contributed by atoms with E-state index in [-0.39, 0.29) is 12.5 Å². The van der Waals surface area contributed by atoms with Crippen molar-refractivity contribution in [2.75, 3.05) is 6.61 Å². The minimum absolute atomic E-state index is 0.159. The number of cyclic esters (lactones) is 1. The molecule has 6 heteroatoms. The van der Waals surface area contributed by atoms with Gasteiger partial charge in [0, 0.05) is 5.92 Å². The molecule has 0 aliphatic carbocycles. The highest BCUT2D eigenvalue weighted by molar-refractivity contribution is 5.82. The Morgan fingerprint density at radius 1 is 1.53 bits per heavy atom. The van der Waals surface area contributed by atoms with Gasteiger partial charge in [-0.15, -0.1) is 0 Å². The predicted octanol–water partition coefficient (Wildman–Crippen LogP) is 0.433. The number of hydrogen-bond acceptors (Lipinski definition) is 5. The van der Waals surface area contributed by atoms with Crippen LogP contribution in [-0.2, 0) is 14.3 Å². The van der Waals surface area contributed by atoms with E-state index in [1.807, 2.05) is 0 Å². The fraction of sp³-hybridized carbons (Fsp3) is 0.818. The summed E-state index contributed by atoms with van der Waals surface area (Å²) in [6.45, 7) is 7.04. The van der Waals surface area contributed by atoms with Crippen LogP contribution < -0.4 is 5.32 Å². The van der Waals surface area contributed by atoms with Gasteiger partial charge in [0.05, 0.1) is 12.7 Å². The Morgan fingerprint density at radius 2 is 2.12 bits per heavy atom. The zero-order valence-corrected chi connectivity index (χ0v) is 10.5. The molecule has 2 N–H and O–H groups in total. The molecule has 3 unspecified atom stereocenters. The molecular formula is C11H19NO5. The molecule has 0 spiro atoms. The highest BCUT2D eigenvalue weighted by Gasteiger charge is 2.39. The molecule has 0 bridgehead atoms. The van der Waals surface area contributed by atoms with E-state index in [1.54, 1.807) is 27.7 Å². The largest absolute Gasteiger partial charge is 0.464 e. The van der Waals surface area contributed by atoms with Crippen LogP contribution in [0, 0.1) is 5.92 Å². The quantitative estimate of drug-likeness (QED) is 0.654. The third-order valence-corrected chi connectivity index (χ3v) is 2.34. The van der Waals surface area contributed by atoms with Gasteiger partial charge in [-0.1, -0.05) is 6.92 Å². The fourth-order valence-electron chi connectivity index (χ4n) is 1.45. The standard InChI is InChI=1S/C11H19NO5/c1-6-5-16-9(14)7(8(6)13)12-10(15)17-11(2,3)4/h6-8,13H,5H2,1-4H3,(H,12,15). The second-order valence-electron chi connectivity index (χ2n) is 5.22. The molecule has 1 aliphatic rings. The Balaban J connectivity index is 2.60. The molecule has 98 valence electrons. The number of aliphatic hydroxyl groups excluding tert-OH is 1. The molecule has 1 fully saturated rings. The van der Waals surface area contributed by atoms with Gasteiger partial charge in [0.15, 0.2) is 6.04 Å². The maximum absolute atomic E-state index is 11.5. The molecule has 1 aliphatic heterocycles. The minimum Gasteiger partial charge on any atom is -0.464 e. The van der Waals surface area contributed by atoms with Crippen molar-refractivity contribution in [1.82, 2.24) is 5.32 Å². The zero-order chi connectivity index (χ0) is 13.2. The highest BCUT2D eigenvalue weighted by Crippen LogP contribution is 2.16. The smallest absolute Gasteiger partial charge is 0.408 e. The van der Waals surface area contributed by atoms with E-state index in [1.165, 1.54) is 0 Å². The second-order valence-corrected chi connectivity index (χ2v) is 5.22. The number of carbonyl (C=O) groups is 2. The molecule has 0 aromatic carbocycles. The van der Waals surface area contributed by atoms with Gasteiger partial charge in [-0.3, -0.25) is 0 Å². The maximum atomic E-state index is 11.5. The second kappa shape index (κ2) is 4.91. The lowest BCUT2D eigenvalue weighted by Gasteiger charge is -2.32. The molecule has 0 radical (unpaired) electrons. The number of aliphatic hydroxyl groups is 1. The number of amides is 1. The Hall–Kier alpha value is -1.30. The predicted molar refractivity (Wildman–Crippen MR) is 59.3 cm³/mol. The first kappa shape index (κ1) is 13.8. The van der Waals surface area contributed by atoms with E-state index >= 15 is 0 Å². The van der Waals surface area contributed by atoms with E-state index in [4.69, 9.17) is 9.47 Å². The Morgan fingerprint density at radius 3 is 2.65 bits per heavy atom. The topological polar surface area (TPSA) is 84.9 Å². The average molecular weight is 245 g/mol. The highest BCUT2D eigenvalue weighted by atomic mass is 16.6. The summed E-state index contributed by atoms with van der Waals surface area (Å²) >= 11 is 0. The number of hydrogen-bond donors (Lipinski definition) is 2. The first-order chi connectivity index (χ1) is 7.70. The van der Waals surface area contributed by atoms with Crippen LogP contribution in [0.25, 0.3) is 0 Å². The Bertz CT molecular complexity index is 309. The van der Waals surface area contributed by atoms with E-state index in [0.29, 0.717) is 0 Å². The van der Waals surface area contributed by atoms with Gasteiger partial charge in [0.25, 0.3) is 0 Å². The van der Waals surface area contributed by atoms with Gasteiger partial charge in [0.2, 0.25) is 0 Å². The van der Waals surface area contributed by atoms with Gasteiger partial charge in [0.1, 0.15) is 5.60 Å². The molecule has 6 nitrogen and oxygen atoms in total. The molecule has 1 amide bonds. The van der Waals surface area contributed by atoms with Crippen molar-refractivity contribution >= 4 is 12.1 Å². The van der Waals surface area contributed by atoms with Crippen LogP contribution in [0.5, 0.6) is 0 Å². The van der Waals surface area contributed by atoms with Crippen molar-refractivity contribution in [2.45, 2.75) is 45.4 Å². The van der Waals surface area contributed by atoms with Gasteiger partial charge in [-0.25, -0.2) is 9.59 Å². The molecule has 0 aromatic heterocycles. The summed E-state index contributed by atoms with van der Waals surface area (Å²) < 4.78 is 9.84. The molecule has 1 heterocycles. The van der Waals surface area contributed by atoms with E-state index in [9.17, 15) is 14.7 Å². The summed E-state index contributed by atoms with van der Waals surface area (Å²) in [5.41, 5.74) is -0.654. The van der Waals surface area contributed by atoms with Gasteiger partial charge >= 0.3 is 12.1 Å². The minimum atomic E-state index is -1.06. The van der Waals surface area contributed by atoms with Crippen molar-refractivity contribution in [3.05, 3.63) is 0 Å². The normalized spacial score (nSPS) is 29.5. The van der Waals surface area contributed by atoms with E-state index in [0.717, 1.165) is 0 Å². The molecule has 17 heavy (non-hydrogen) atoms. The first-order valence-electron chi connectivity index (χ1n) is 5.55. The van der Waals surface area contributed by atoms with Crippen molar-refractivity contribution in [3.63, 3.8) is 0 Å². The number of nitrogens with one attached hydrogen (secondary N) is 1. The SMILES string of the molecule is CC1COC(=O)C(NC(=O)OC(C)(C)C)C1O. The summed E-state index contributed by atoms with van der Waals surface area (Å²) in [4.78, 5) is 22.9. The summed E-state index contributed by atoms with van der Waals surface area (Å²) in [6.07, 6.45) is -1.70. The number of esters is 1. The van der Waals surface area contributed by atoms with Gasteiger partial charge in [-0.2, -0.15) is 0 Å². The number of alkyl carbamates (subject to hydrolysis) is 1. The lowest BCUT2D eigenvalue weighted by atomic mass is 9.96. The Kier molecular flexibility index (Phi) is 3.98. The number of ether oxygens (including phenoxy) is 2. The van der Waals surface area contributed by atoms with Crippen molar-refractivity contribution in [2.24, 2.45) is 5.92 Å². The molecule has 1 saturated heterocycles. The molecule has 3 atom stereocenters. The molecule has 1 rings (SSSR count). The fourth-order valence-corrected chi connectivity index (χ4v) is 1.45. The van der Waals surface area contributed by atoms with Gasteiger partial charge < -0.3 is 19.9 Å². The Labute approximate surface area is 100 Å². The molecular weight excluding hydrogens is 226 g/mol. The monoisotopic (exact) mass is 245 g/mol. The third kappa shape index (κ3) is 3.89. The molecule has 0 aromatic rings. The van der Waals surface area contributed by atoms with Crippen molar-refractivity contribution in [1.29, 1.82) is 0 Å². The van der Waals surface area contributed by atoms with Crippen LogP contribution in [0.15, 0.2) is 0 Å². The lowest BCUT2D eigenvalue weighted by molar-refractivity contribution is -0.161.